The van der Waals surface area contributed by atoms with Crippen molar-refractivity contribution in [2.24, 2.45) is 0 Å². The van der Waals surface area contributed by atoms with Gasteiger partial charge in [-0.1, -0.05) is 13.8 Å². The van der Waals surface area contributed by atoms with Crippen LogP contribution in [0.3, 0.4) is 0 Å². The van der Waals surface area contributed by atoms with Gasteiger partial charge in [0.1, 0.15) is 0 Å². The van der Waals surface area contributed by atoms with Gasteiger partial charge in [0, 0.05) is 9.75 Å². The summed E-state index contributed by atoms with van der Waals surface area (Å²) in [6.07, 6.45) is 4.72. The van der Waals surface area contributed by atoms with E-state index < -0.39 is 0 Å². The van der Waals surface area contributed by atoms with Crippen molar-refractivity contribution in [1.29, 1.82) is 0 Å². The third-order valence-electron chi connectivity index (χ3n) is 3.26. The SMILES string of the molecule is CCC(CC1OC1CC)c1ccc(C)s1. The number of ether oxygens (including phenoxy) is 1. The molecule has 3 unspecified atom stereocenters. The van der Waals surface area contributed by atoms with Gasteiger partial charge in [-0.2, -0.15) is 0 Å². The van der Waals surface area contributed by atoms with Gasteiger partial charge >= 0.3 is 0 Å². The van der Waals surface area contributed by atoms with E-state index in [9.17, 15) is 0 Å². The number of hydrogen-bond donors (Lipinski definition) is 0. The first kappa shape index (κ1) is 11.2. The largest absolute Gasteiger partial charge is 0.370 e. The van der Waals surface area contributed by atoms with Crippen molar-refractivity contribution in [3.8, 4) is 0 Å². The minimum absolute atomic E-state index is 0.544. The smallest absolute Gasteiger partial charge is 0.0847 e. The maximum atomic E-state index is 5.63. The lowest BCUT2D eigenvalue weighted by Crippen LogP contribution is -2.01. The highest BCUT2D eigenvalue weighted by Crippen LogP contribution is 2.38. The van der Waals surface area contributed by atoms with Crippen LogP contribution in [-0.4, -0.2) is 12.2 Å². The fourth-order valence-corrected chi connectivity index (χ4v) is 3.26. The van der Waals surface area contributed by atoms with Gasteiger partial charge in [0.2, 0.25) is 0 Å². The van der Waals surface area contributed by atoms with E-state index in [1.165, 1.54) is 24.1 Å². The van der Waals surface area contributed by atoms with E-state index in [1.807, 2.05) is 11.3 Å². The summed E-state index contributed by atoms with van der Waals surface area (Å²) in [6, 6.07) is 4.52. The minimum Gasteiger partial charge on any atom is -0.370 e. The summed E-state index contributed by atoms with van der Waals surface area (Å²) in [7, 11) is 0. The van der Waals surface area contributed by atoms with Crippen LogP contribution >= 0.6 is 11.3 Å². The maximum Gasteiger partial charge on any atom is 0.0847 e. The van der Waals surface area contributed by atoms with E-state index in [1.54, 1.807) is 4.88 Å². The Balaban J connectivity index is 1.93. The van der Waals surface area contributed by atoms with Crippen LogP contribution in [0.4, 0.5) is 0 Å². The van der Waals surface area contributed by atoms with Crippen molar-refractivity contribution in [1.82, 2.24) is 0 Å². The number of hydrogen-bond acceptors (Lipinski definition) is 2. The average molecular weight is 224 g/mol. The third-order valence-corrected chi connectivity index (χ3v) is 4.43. The number of epoxide rings is 1. The van der Waals surface area contributed by atoms with Gasteiger partial charge in [0.25, 0.3) is 0 Å². The maximum absolute atomic E-state index is 5.63. The first-order valence-electron chi connectivity index (χ1n) is 5.96. The van der Waals surface area contributed by atoms with Crippen LogP contribution in [-0.2, 0) is 4.74 Å². The highest BCUT2D eigenvalue weighted by atomic mass is 32.1. The summed E-state index contributed by atoms with van der Waals surface area (Å²) < 4.78 is 5.63. The molecule has 2 heterocycles. The molecule has 0 aliphatic carbocycles. The Morgan fingerprint density at radius 1 is 1.33 bits per heavy atom. The Bertz CT molecular complexity index is 318. The fourth-order valence-electron chi connectivity index (χ4n) is 2.18. The van der Waals surface area contributed by atoms with Crippen molar-refractivity contribution in [2.45, 2.75) is 58.2 Å². The molecule has 0 amide bonds. The first-order valence-corrected chi connectivity index (χ1v) is 6.78. The predicted octanol–water partition coefficient (Wildman–Crippen LogP) is 4.12. The Morgan fingerprint density at radius 3 is 2.60 bits per heavy atom. The van der Waals surface area contributed by atoms with Crippen LogP contribution in [0.25, 0.3) is 0 Å². The Morgan fingerprint density at radius 2 is 2.13 bits per heavy atom. The second-order valence-electron chi connectivity index (χ2n) is 4.41. The first-order chi connectivity index (χ1) is 7.24. The molecule has 0 bridgehead atoms. The molecule has 1 aromatic rings. The molecule has 1 saturated heterocycles. The fraction of sp³-hybridized carbons (Fsp3) is 0.692. The Hall–Kier alpha value is -0.340. The van der Waals surface area contributed by atoms with E-state index in [4.69, 9.17) is 4.74 Å². The van der Waals surface area contributed by atoms with Crippen molar-refractivity contribution in [2.75, 3.05) is 0 Å². The van der Waals surface area contributed by atoms with Crippen molar-refractivity contribution >= 4 is 11.3 Å². The van der Waals surface area contributed by atoms with Crippen molar-refractivity contribution in [3.05, 3.63) is 21.9 Å². The summed E-state index contributed by atoms with van der Waals surface area (Å²) in [6.45, 7) is 6.67. The van der Waals surface area contributed by atoms with Crippen LogP contribution in [0.15, 0.2) is 12.1 Å². The van der Waals surface area contributed by atoms with Gasteiger partial charge in [-0.15, -0.1) is 11.3 Å². The standard InChI is InChI=1S/C13H20OS/c1-4-10(8-12-11(5-2)14-12)13-7-6-9(3)15-13/h6-7,10-12H,4-5,8H2,1-3H3. The van der Waals surface area contributed by atoms with E-state index in [2.05, 4.69) is 32.9 Å². The summed E-state index contributed by atoms with van der Waals surface area (Å²) in [5, 5.41) is 0. The third kappa shape index (κ3) is 2.61. The quantitative estimate of drug-likeness (QED) is 0.685. The number of rotatable bonds is 5. The van der Waals surface area contributed by atoms with E-state index in [0.29, 0.717) is 18.1 Å². The van der Waals surface area contributed by atoms with Crippen LogP contribution < -0.4 is 0 Å². The lowest BCUT2D eigenvalue weighted by molar-refractivity contribution is 0.349. The molecule has 1 aliphatic rings. The topological polar surface area (TPSA) is 12.5 Å². The van der Waals surface area contributed by atoms with E-state index >= 15 is 0 Å². The average Bonchev–Trinajstić information content (AvgIpc) is 2.87. The second-order valence-corrected chi connectivity index (χ2v) is 5.73. The van der Waals surface area contributed by atoms with Crippen LogP contribution in [0.5, 0.6) is 0 Å². The molecule has 3 atom stereocenters. The van der Waals surface area contributed by atoms with Crippen LogP contribution in [0.1, 0.15) is 48.8 Å². The van der Waals surface area contributed by atoms with Crippen molar-refractivity contribution < 1.29 is 4.74 Å². The highest BCUT2D eigenvalue weighted by Gasteiger charge is 2.38. The zero-order valence-electron chi connectivity index (χ0n) is 9.82. The highest BCUT2D eigenvalue weighted by molar-refractivity contribution is 7.12. The monoisotopic (exact) mass is 224 g/mol. The molecule has 2 heteroatoms. The molecule has 0 spiro atoms. The lowest BCUT2D eigenvalue weighted by atomic mass is 9.97. The van der Waals surface area contributed by atoms with Gasteiger partial charge < -0.3 is 4.74 Å². The van der Waals surface area contributed by atoms with Gasteiger partial charge in [0.05, 0.1) is 12.2 Å². The summed E-state index contributed by atoms with van der Waals surface area (Å²) in [5.74, 6) is 0.713. The Kier molecular flexibility index (Phi) is 3.47. The molecule has 1 fully saturated rings. The molecule has 0 N–H and O–H groups in total. The van der Waals surface area contributed by atoms with Gasteiger partial charge in [-0.3, -0.25) is 0 Å². The van der Waals surface area contributed by atoms with Crippen LogP contribution in [0, 0.1) is 6.92 Å². The molecule has 1 nitrogen and oxygen atoms in total. The molecule has 0 aromatic carbocycles. The molecular weight excluding hydrogens is 204 g/mol. The molecule has 15 heavy (non-hydrogen) atoms. The molecule has 84 valence electrons. The lowest BCUT2D eigenvalue weighted by Gasteiger charge is -2.10. The van der Waals surface area contributed by atoms with Crippen LogP contribution in [0.2, 0.25) is 0 Å². The summed E-state index contributed by atoms with van der Waals surface area (Å²) >= 11 is 1.94. The molecule has 0 saturated carbocycles. The van der Waals surface area contributed by atoms with Crippen molar-refractivity contribution in [3.63, 3.8) is 0 Å². The minimum atomic E-state index is 0.544. The number of aryl methyl sites for hydroxylation is 1. The number of thiophene rings is 1. The van der Waals surface area contributed by atoms with Gasteiger partial charge in [-0.25, -0.2) is 0 Å². The Labute approximate surface area is 96.5 Å². The molecule has 1 aliphatic heterocycles. The molecular formula is C13H20OS. The van der Waals surface area contributed by atoms with E-state index in [-0.39, 0.29) is 0 Å². The molecule has 0 radical (unpaired) electrons. The summed E-state index contributed by atoms with van der Waals surface area (Å²) in [5.41, 5.74) is 0. The predicted molar refractivity (Wildman–Crippen MR) is 65.7 cm³/mol. The van der Waals surface area contributed by atoms with E-state index in [0.717, 1.165) is 0 Å². The second kappa shape index (κ2) is 4.67. The molecule has 1 aromatic heterocycles. The molecule has 2 rings (SSSR count). The zero-order valence-corrected chi connectivity index (χ0v) is 10.6. The van der Waals surface area contributed by atoms with Gasteiger partial charge in [0.15, 0.2) is 0 Å². The van der Waals surface area contributed by atoms with Gasteiger partial charge in [-0.05, 0) is 44.2 Å². The summed E-state index contributed by atoms with van der Waals surface area (Å²) in [4.78, 5) is 2.97. The zero-order chi connectivity index (χ0) is 10.8. The normalized spacial score (nSPS) is 26.6.